The van der Waals surface area contributed by atoms with E-state index in [9.17, 15) is 0 Å². The molecule has 0 aromatic rings. The molecule has 0 aliphatic carbocycles. The molecule has 0 aromatic carbocycles. The molecule has 6 nitrogen and oxygen atoms in total. The van der Waals surface area contributed by atoms with Crippen molar-refractivity contribution in [3.63, 3.8) is 0 Å². The van der Waals surface area contributed by atoms with Crippen LogP contribution in [-0.2, 0) is 0 Å². The van der Waals surface area contributed by atoms with Gasteiger partial charge in [0.1, 0.15) is 6.10 Å². The Morgan fingerprint density at radius 1 is 1.55 bits per heavy atom. The van der Waals surface area contributed by atoms with Crippen molar-refractivity contribution in [3.05, 3.63) is 0 Å². The molecule has 0 saturated carbocycles. The third kappa shape index (κ3) is 1.59. The average Bonchev–Trinajstić information content (AvgIpc) is 1.96. The summed E-state index contributed by atoms with van der Waals surface area (Å²) in [6, 6.07) is -0.637. The summed E-state index contributed by atoms with van der Waals surface area (Å²) in [7, 11) is 0. The molecule has 1 aliphatic heterocycles. The maximum Gasteiger partial charge on any atom is 0.191 e. The summed E-state index contributed by atoms with van der Waals surface area (Å²) in [6.45, 7) is -0.297. The van der Waals surface area contributed by atoms with Gasteiger partial charge in [0.2, 0.25) is 0 Å². The third-order valence-corrected chi connectivity index (χ3v) is 1.52. The van der Waals surface area contributed by atoms with Crippen molar-refractivity contribution in [1.29, 1.82) is 0 Å². The van der Waals surface area contributed by atoms with E-state index in [2.05, 4.69) is 10.3 Å². The van der Waals surface area contributed by atoms with Gasteiger partial charge in [-0.2, -0.15) is 0 Å². The van der Waals surface area contributed by atoms with Gasteiger partial charge >= 0.3 is 0 Å². The van der Waals surface area contributed by atoms with Crippen molar-refractivity contribution >= 4 is 5.96 Å². The largest absolute Gasteiger partial charge is 0.394 e. The average molecular weight is 161 g/mol. The molecule has 6 heteroatoms. The van der Waals surface area contributed by atoms with Gasteiger partial charge < -0.3 is 26.4 Å². The highest BCUT2D eigenvalue weighted by Crippen LogP contribution is 2.05. The lowest BCUT2D eigenvalue weighted by atomic mass is 10.1. The van der Waals surface area contributed by atoms with Crippen LogP contribution in [0.25, 0.3) is 0 Å². The van der Waals surface area contributed by atoms with Crippen LogP contribution in [0.4, 0.5) is 0 Å². The molecule has 0 saturated heterocycles. The van der Waals surface area contributed by atoms with Crippen LogP contribution in [0, 0.1) is 0 Å². The molecule has 1 heterocycles. The maximum atomic E-state index is 9.12. The van der Waals surface area contributed by atoms with Gasteiger partial charge in [-0.05, 0) is 0 Å². The van der Waals surface area contributed by atoms with Crippen LogP contribution in [0.5, 0.6) is 0 Å². The lowest BCUT2D eigenvalue weighted by Gasteiger charge is -2.29. The van der Waals surface area contributed by atoms with Gasteiger partial charge in [0.05, 0.1) is 12.6 Å². The second kappa shape index (κ2) is 3.04. The van der Waals surface area contributed by atoms with Crippen molar-refractivity contribution in [3.8, 4) is 0 Å². The van der Waals surface area contributed by atoms with E-state index >= 15 is 0 Å². The molecule has 0 aromatic heterocycles. The number of aliphatic hydroxyl groups is 3. The highest BCUT2D eigenvalue weighted by atomic mass is 16.3. The van der Waals surface area contributed by atoms with Crippen molar-refractivity contribution in [2.75, 3.05) is 6.61 Å². The van der Waals surface area contributed by atoms with Gasteiger partial charge in [-0.3, -0.25) is 0 Å². The molecule has 0 amide bonds. The minimum atomic E-state index is -1.24. The van der Waals surface area contributed by atoms with Crippen LogP contribution < -0.4 is 11.1 Å². The van der Waals surface area contributed by atoms with Crippen LogP contribution in [-0.4, -0.2) is 46.3 Å². The zero-order valence-electron chi connectivity index (χ0n) is 5.81. The molecule has 0 fully saturated rings. The number of aliphatic hydroxyl groups excluding tert-OH is 3. The Morgan fingerprint density at radius 3 is 2.73 bits per heavy atom. The van der Waals surface area contributed by atoms with Crippen molar-refractivity contribution < 1.29 is 15.3 Å². The quantitative estimate of drug-likeness (QED) is 0.280. The van der Waals surface area contributed by atoms with Crippen LogP contribution in [0.2, 0.25) is 0 Å². The van der Waals surface area contributed by atoms with Crippen molar-refractivity contribution in [2.45, 2.75) is 18.4 Å². The summed E-state index contributed by atoms with van der Waals surface area (Å²) in [5.41, 5.74) is 5.21. The third-order valence-electron chi connectivity index (χ3n) is 1.52. The monoisotopic (exact) mass is 161 g/mol. The standard InChI is InChI=1S/C5H11N3O3/c6-5-7-2(1-9)3(10)4(11)8-5/h2-4,9-11H,1H2,(H3,6,7,8)/t2-,3+,4+/m1/s1. The molecular weight excluding hydrogens is 150 g/mol. The fourth-order valence-electron chi connectivity index (χ4n) is 0.893. The highest BCUT2D eigenvalue weighted by Gasteiger charge is 2.29. The first kappa shape index (κ1) is 8.25. The Hall–Kier alpha value is -0.850. The van der Waals surface area contributed by atoms with Gasteiger partial charge in [0.15, 0.2) is 12.2 Å². The summed E-state index contributed by atoms with van der Waals surface area (Å²) in [5.74, 6) is 0.0295. The SMILES string of the molecule is NC1=N[C@@H](O)[C@@H](O)[C@@H](CO)N1. The number of aliphatic imine (C=N–C) groups is 1. The van der Waals surface area contributed by atoms with Gasteiger partial charge in [0.25, 0.3) is 0 Å². The Balaban J connectivity index is 2.67. The molecule has 1 aliphatic rings. The van der Waals surface area contributed by atoms with E-state index < -0.39 is 18.4 Å². The summed E-state index contributed by atoms with van der Waals surface area (Å²) < 4.78 is 0. The first-order chi connectivity index (χ1) is 5.15. The molecule has 1 rings (SSSR count). The second-order valence-corrected chi connectivity index (χ2v) is 2.35. The molecule has 0 spiro atoms. The minimum Gasteiger partial charge on any atom is -0.394 e. The second-order valence-electron chi connectivity index (χ2n) is 2.35. The summed E-state index contributed by atoms with van der Waals surface area (Å²) in [5, 5.41) is 29.3. The molecule has 11 heavy (non-hydrogen) atoms. The van der Waals surface area contributed by atoms with E-state index in [1.807, 2.05) is 0 Å². The van der Waals surface area contributed by atoms with Crippen LogP contribution in [0.1, 0.15) is 0 Å². The lowest BCUT2D eigenvalue weighted by Crippen LogP contribution is -2.56. The Kier molecular flexibility index (Phi) is 2.28. The zero-order chi connectivity index (χ0) is 8.43. The number of nitrogens with zero attached hydrogens (tertiary/aromatic N) is 1. The Labute approximate surface area is 63.4 Å². The highest BCUT2D eigenvalue weighted by molar-refractivity contribution is 5.79. The Morgan fingerprint density at radius 2 is 2.18 bits per heavy atom. The lowest BCUT2D eigenvalue weighted by molar-refractivity contribution is -0.0142. The van der Waals surface area contributed by atoms with E-state index in [4.69, 9.17) is 21.1 Å². The molecule has 0 radical (unpaired) electrons. The number of nitrogens with one attached hydrogen (secondary N) is 1. The predicted molar refractivity (Wildman–Crippen MR) is 37.6 cm³/mol. The van der Waals surface area contributed by atoms with E-state index in [-0.39, 0.29) is 12.6 Å². The fourth-order valence-corrected chi connectivity index (χ4v) is 0.893. The fraction of sp³-hybridized carbons (Fsp3) is 0.800. The number of nitrogens with two attached hydrogens (primary N) is 1. The topological polar surface area (TPSA) is 111 Å². The summed E-state index contributed by atoms with van der Waals surface area (Å²) in [6.07, 6.45) is -2.35. The van der Waals surface area contributed by atoms with Crippen molar-refractivity contribution in [1.82, 2.24) is 5.32 Å². The maximum absolute atomic E-state index is 9.12. The predicted octanol–water partition coefficient (Wildman–Crippen LogP) is -3.06. The number of hydrogen-bond donors (Lipinski definition) is 5. The zero-order valence-corrected chi connectivity index (χ0v) is 5.81. The van der Waals surface area contributed by atoms with E-state index in [0.29, 0.717) is 0 Å². The van der Waals surface area contributed by atoms with Crippen LogP contribution >= 0.6 is 0 Å². The van der Waals surface area contributed by atoms with Gasteiger partial charge in [-0.25, -0.2) is 4.99 Å². The normalized spacial score (nSPS) is 37.7. The molecule has 6 N–H and O–H groups in total. The first-order valence-electron chi connectivity index (χ1n) is 3.22. The molecule has 3 atom stereocenters. The van der Waals surface area contributed by atoms with Gasteiger partial charge in [-0.1, -0.05) is 0 Å². The number of hydrogen-bond acceptors (Lipinski definition) is 6. The van der Waals surface area contributed by atoms with E-state index in [1.54, 1.807) is 0 Å². The molecular formula is C5H11N3O3. The molecule has 0 unspecified atom stereocenters. The van der Waals surface area contributed by atoms with E-state index in [1.165, 1.54) is 0 Å². The number of guanidine groups is 1. The van der Waals surface area contributed by atoms with Gasteiger partial charge in [0, 0.05) is 0 Å². The van der Waals surface area contributed by atoms with Crippen LogP contribution in [0.15, 0.2) is 4.99 Å². The minimum absolute atomic E-state index is 0.0295. The summed E-state index contributed by atoms with van der Waals surface area (Å²) in [4.78, 5) is 3.44. The smallest absolute Gasteiger partial charge is 0.191 e. The Bertz CT molecular complexity index is 172. The first-order valence-corrected chi connectivity index (χ1v) is 3.22. The van der Waals surface area contributed by atoms with Gasteiger partial charge in [-0.15, -0.1) is 0 Å². The number of rotatable bonds is 1. The van der Waals surface area contributed by atoms with Crippen LogP contribution in [0.3, 0.4) is 0 Å². The van der Waals surface area contributed by atoms with Crippen molar-refractivity contribution in [2.24, 2.45) is 10.7 Å². The molecule has 0 bridgehead atoms. The van der Waals surface area contributed by atoms with E-state index in [0.717, 1.165) is 0 Å². The summed E-state index contributed by atoms with van der Waals surface area (Å²) >= 11 is 0. The molecule has 64 valence electrons.